The number of pyridine rings is 1. The lowest BCUT2D eigenvalue weighted by molar-refractivity contribution is -0.147. The number of rotatable bonds is 8. The number of nitrogens with zero attached hydrogens (tertiary/aromatic N) is 1. The van der Waals surface area contributed by atoms with E-state index in [2.05, 4.69) is 15.6 Å². The molecule has 0 spiro atoms. The molecule has 2 heterocycles. The Balaban J connectivity index is 1.36. The normalized spacial score (nSPS) is 24.2. The van der Waals surface area contributed by atoms with Gasteiger partial charge in [0.15, 0.2) is 0 Å². The van der Waals surface area contributed by atoms with Gasteiger partial charge in [-0.25, -0.2) is 14.0 Å². The number of aliphatic hydroxyl groups is 1. The van der Waals surface area contributed by atoms with Gasteiger partial charge >= 0.3 is 12.1 Å². The summed E-state index contributed by atoms with van der Waals surface area (Å²) in [4.78, 5) is 16.9. The molecule has 1 saturated carbocycles. The first kappa shape index (κ1) is 27.8. The highest BCUT2D eigenvalue weighted by Crippen LogP contribution is 2.61. The minimum atomic E-state index is -4.56. The summed E-state index contributed by atoms with van der Waals surface area (Å²) in [5.74, 6) is 3.18. The van der Waals surface area contributed by atoms with Crippen LogP contribution in [0.4, 0.5) is 18.9 Å². The Bertz CT molecular complexity index is 1550. The quantitative estimate of drug-likeness (QED) is 0.247. The highest BCUT2D eigenvalue weighted by molar-refractivity contribution is 8.01. The number of carbonyl (C=O) groups excluding carboxylic acids is 1. The summed E-state index contributed by atoms with van der Waals surface area (Å²) in [6.45, 7) is 1.98. The van der Waals surface area contributed by atoms with E-state index in [9.17, 15) is 27.3 Å². The van der Waals surface area contributed by atoms with Crippen LogP contribution in [0.2, 0.25) is 0 Å². The van der Waals surface area contributed by atoms with Crippen molar-refractivity contribution >= 4 is 27.2 Å². The molecule has 3 unspecified atom stereocenters. The minimum Gasteiger partial charge on any atom is -0.512 e. The molecule has 2 aliphatic rings. The highest BCUT2D eigenvalue weighted by atomic mass is 32.2. The number of hydrogen-bond acceptors (Lipinski definition) is 5. The van der Waals surface area contributed by atoms with E-state index in [4.69, 9.17) is 4.74 Å². The third kappa shape index (κ3) is 5.45. The zero-order valence-electron chi connectivity index (χ0n) is 21.8. The molecule has 4 atom stereocenters. The number of aromatic nitrogens is 1. The van der Waals surface area contributed by atoms with E-state index < -0.39 is 38.9 Å². The van der Waals surface area contributed by atoms with Crippen LogP contribution >= 0.6 is 0 Å². The van der Waals surface area contributed by atoms with Crippen molar-refractivity contribution in [2.45, 2.75) is 55.3 Å². The van der Waals surface area contributed by atoms with E-state index in [-0.39, 0.29) is 28.7 Å². The molecule has 5 rings (SSSR count). The molecule has 1 aliphatic heterocycles. The molecule has 2 aromatic carbocycles. The van der Waals surface area contributed by atoms with E-state index in [0.29, 0.717) is 24.7 Å². The molecular formula is C30H29F3N2O4S. The van der Waals surface area contributed by atoms with Crippen molar-refractivity contribution in [3.05, 3.63) is 101 Å². The summed E-state index contributed by atoms with van der Waals surface area (Å²) in [7, 11) is -3.30. The Hall–Kier alpha value is -3.79. The number of halogens is 3. The van der Waals surface area contributed by atoms with E-state index in [1.807, 2.05) is 43.3 Å². The maximum absolute atomic E-state index is 13.3. The summed E-state index contributed by atoms with van der Waals surface area (Å²) < 4.78 is 60.5. The molecule has 6 nitrogen and oxygen atoms in total. The molecule has 10 heteroatoms. The van der Waals surface area contributed by atoms with Crippen LogP contribution in [0.1, 0.15) is 42.9 Å². The van der Waals surface area contributed by atoms with Crippen LogP contribution < -0.4 is 4.72 Å². The SMILES string of the molecule is C=S(=O)(Nc1cccc(C2(C3=C(O)C[C@@H](CCc4ccccc4)OC3=O)CC2C)c1)c1ccc(C(F)(F)F)cn1. The van der Waals surface area contributed by atoms with Gasteiger partial charge in [-0.05, 0) is 66.4 Å². The van der Waals surface area contributed by atoms with Gasteiger partial charge in [0.1, 0.15) is 16.9 Å². The number of aryl methyl sites for hydroxylation is 1. The van der Waals surface area contributed by atoms with Crippen molar-refractivity contribution in [1.82, 2.24) is 4.98 Å². The fraction of sp³-hybridized carbons (Fsp3) is 0.300. The van der Waals surface area contributed by atoms with Gasteiger partial charge in [0.05, 0.1) is 20.8 Å². The van der Waals surface area contributed by atoms with Crippen LogP contribution in [0, 0.1) is 5.92 Å². The second-order valence-electron chi connectivity index (χ2n) is 10.4. The summed E-state index contributed by atoms with van der Waals surface area (Å²) in [6, 6.07) is 18.6. The second-order valence-corrected chi connectivity index (χ2v) is 12.4. The molecule has 0 radical (unpaired) electrons. The average molecular weight is 571 g/mol. The lowest BCUT2D eigenvalue weighted by Crippen LogP contribution is -2.33. The van der Waals surface area contributed by atoms with Gasteiger partial charge in [-0.1, -0.05) is 49.4 Å². The summed E-state index contributed by atoms with van der Waals surface area (Å²) in [5.41, 5.74) is 0.765. The van der Waals surface area contributed by atoms with Crippen molar-refractivity contribution in [3.8, 4) is 0 Å². The third-order valence-corrected chi connectivity index (χ3v) is 9.09. The zero-order valence-corrected chi connectivity index (χ0v) is 22.6. The maximum Gasteiger partial charge on any atom is 0.417 e. The number of alkyl halides is 3. The summed E-state index contributed by atoms with van der Waals surface area (Å²) in [5, 5.41) is 10.9. The smallest absolute Gasteiger partial charge is 0.417 e. The Morgan fingerprint density at radius 1 is 1.15 bits per heavy atom. The largest absolute Gasteiger partial charge is 0.512 e. The van der Waals surface area contributed by atoms with Gasteiger partial charge in [-0.2, -0.15) is 13.2 Å². The second kappa shape index (κ2) is 10.3. The predicted molar refractivity (Wildman–Crippen MR) is 147 cm³/mol. The van der Waals surface area contributed by atoms with Crippen molar-refractivity contribution < 1.29 is 32.0 Å². The van der Waals surface area contributed by atoms with Gasteiger partial charge in [0.2, 0.25) is 0 Å². The Labute approximate surface area is 231 Å². The predicted octanol–water partition coefficient (Wildman–Crippen LogP) is 6.24. The molecule has 3 aromatic rings. The third-order valence-electron chi connectivity index (χ3n) is 7.60. The molecule has 0 amide bonds. The number of anilines is 1. The molecule has 0 saturated heterocycles. The Morgan fingerprint density at radius 2 is 1.88 bits per heavy atom. The molecule has 1 fully saturated rings. The van der Waals surface area contributed by atoms with Gasteiger partial charge in [-0.3, -0.25) is 0 Å². The lowest BCUT2D eigenvalue weighted by atomic mass is 9.82. The van der Waals surface area contributed by atoms with Crippen LogP contribution in [0.5, 0.6) is 0 Å². The minimum absolute atomic E-state index is 0.0203. The Kier molecular flexibility index (Phi) is 7.16. The van der Waals surface area contributed by atoms with Crippen LogP contribution in [0.25, 0.3) is 0 Å². The molecule has 2 N–H and O–H groups in total. The fourth-order valence-electron chi connectivity index (χ4n) is 5.43. The van der Waals surface area contributed by atoms with Crippen LogP contribution in [0.3, 0.4) is 0 Å². The molecule has 1 aromatic heterocycles. The first-order valence-corrected chi connectivity index (χ1v) is 14.6. The van der Waals surface area contributed by atoms with Gasteiger partial charge in [-0.15, -0.1) is 0 Å². The van der Waals surface area contributed by atoms with E-state index >= 15 is 0 Å². The maximum atomic E-state index is 13.3. The van der Waals surface area contributed by atoms with Gasteiger partial charge in [0.25, 0.3) is 0 Å². The number of nitrogens with one attached hydrogen (secondary N) is 1. The standard InChI is InChI=1S/C30H29F3N2O4S/c1-19-17-29(19,27-25(36)16-24(39-28(27)37)13-11-20-7-4-3-5-8-20)21-9-6-10-23(15-21)35-40(2,38)26-14-12-22(18-34-26)30(31,32)33/h3-10,12,14-15,18-19,24,36H,2,11,13,16-17H2,1H3,(H,35,38)/t19?,24-,29?,40?/m1/s1. The number of esters is 1. The molecule has 0 bridgehead atoms. The van der Waals surface area contributed by atoms with E-state index in [1.165, 1.54) is 0 Å². The van der Waals surface area contributed by atoms with Crippen molar-refractivity contribution in [2.75, 3.05) is 4.72 Å². The van der Waals surface area contributed by atoms with E-state index in [1.54, 1.807) is 18.2 Å². The van der Waals surface area contributed by atoms with Crippen LogP contribution in [-0.4, -0.2) is 32.2 Å². The number of benzene rings is 2. The number of carbonyl (C=O) groups is 1. The monoisotopic (exact) mass is 570 g/mol. The fourth-order valence-corrected chi connectivity index (χ4v) is 6.55. The number of aliphatic hydroxyl groups excluding tert-OH is 1. The van der Waals surface area contributed by atoms with Crippen LogP contribution in [-0.2, 0) is 37.3 Å². The van der Waals surface area contributed by atoms with E-state index in [0.717, 1.165) is 29.7 Å². The molecule has 1 aliphatic carbocycles. The first-order chi connectivity index (χ1) is 18.9. The zero-order chi connectivity index (χ0) is 28.7. The number of ether oxygens (including phenoxy) is 1. The first-order valence-electron chi connectivity index (χ1n) is 12.9. The highest BCUT2D eigenvalue weighted by Gasteiger charge is 2.60. The topological polar surface area (TPSA) is 88.5 Å². The molecule has 210 valence electrons. The Morgan fingerprint density at radius 3 is 2.48 bits per heavy atom. The van der Waals surface area contributed by atoms with Crippen molar-refractivity contribution in [2.24, 2.45) is 5.92 Å². The molecule has 40 heavy (non-hydrogen) atoms. The summed E-state index contributed by atoms with van der Waals surface area (Å²) in [6.07, 6.45) is -2.22. The van der Waals surface area contributed by atoms with Crippen molar-refractivity contribution in [3.63, 3.8) is 0 Å². The van der Waals surface area contributed by atoms with Crippen LogP contribution in [0.15, 0.2) is 89.3 Å². The van der Waals surface area contributed by atoms with Gasteiger partial charge in [0, 0.05) is 23.7 Å². The lowest BCUT2D eigenvalue weighted by Gasteiger charge is -2.30. The molecular weight excluding hydrogens is 541 g/mol. The summed E-state index contributed by atoms with van der Waals surface area (Å²) >= 11 is 0. The van der Waals surface area contributed by atoms with Crippen molar-refractivity contribution in [1.29, 1.82) is 0 Å². The average Bonchev–Trinajstić information content (AvgIpc) is 3.58. The van der Waals surface area contributed by atoms with Gasteiger partial charge < -0.3 is 14.6 Å². The number of hydrogen-bond donors (Lipinski definition) is 2. The number of cyclic esters (lactones) is 1.